The van der Waals surface area contributed by atoms with Gasteiger partial charge in [0.25, 0.3) is 11.2 Å². The average molecular weight is 486 g/mol. The van der Waals surface area contributed by atoms with E-state index >= 15 is 0 Å². The molecule has 1 aromatic carbocycles. The Morgan fingerprint density at radius 3 is 2.55 bits per heavy atom. The Hall–Kier alpha value is -3.91. The molecule has 0 saturated carbocycles. The van der Waals surface area contributed by atoms with Crippen molar-refractivity contribution in [2.75, 3.05) is 11.1 Å². The fourth-order valence-electron chi connectivity index (χ4n) is 2.97. The summed E-state index contributed by atoms with van der Waals surface area (Å²) in [6.45, 7) is 0. The van der Waals surface area contributed by atoms with Gasteiger partial charge in [-0.15, -0.1) is 11.3 Å². The van der Waals surface area contributed by atoms with Gasteiger partial charge in [0.15, 0.2) is 16.6 Å². The summed E-state index contributed by atoms with van der Waals surface area (Å²) in [5.41, 5.74) is -0.724. The van der Waals surface area contributed by atoms with Crippen LogP contribution in [0.15, 0.2) is 50.5 Å². The van der Waals surface area contributed by atoms with E-state index < -0.39 is 16.2 Å². The summed E-state index contributed by atoms with van der Waals surface area (Å²) in [6, 6.07) is 5.56. The van der Waals surface area contributed by atoms with Crippen LogP contribution >= 0.6 is 23.1 Å². The van der Waals surface area contributed by atoms with Gasteiger partial charge in [0.05, 0.1) is 10.7 Å². The zero-order valence-corrected chi connectivity index (χ0v) is 18.8. The number of aryl methyl sites for hydroxylation is 1. The maximum absolute atomic E-state index is 12.9. The van der Waals surface area contributed by atoms with E-state index in [1.807, 2.05) is 0 Å². The normalized spacial score (nSPS) is 11.0. The molecule has 0 atom stereocenters. The van der Waals surface area contributed by atoms with Gasteiger partial charge in [-0.3, -0.25) is 28.8 Å². The van der Waals surface area contributed by atoms with E-state index in [0.717, 1.165) is 16.3 Å². The molecule has 0 aliphatic heterocycles. The topological polar surface area (TPSA) is 155 Å². The van der Waals surface area contributed by atoms with E-state index in [1.54, 1.807) is 11.6 Å². The molecule has 4 aromatic rings. The number of thiazole rings is 1. The molecule has 0 unspecified atom stereocenters. The first-order valence-electron chi connectivity index (χ1n) is 9.31. The van der Waals surface area contributed by atoms with Gasteiger partial charge in [0.2, 0.25) is 5.91 Å². The molecule has 33 heavy (non-hydrogen) atoms. The molecule has 0 spiro atoms. The van der Waals surface area contributed by atoms with Crippen LogP contribution in [0.2, 0.25) is 0 Å². The second-order valence-corrected chi connectivity index (χ2v) is 8.59. The number of fused-ring (bicyclic) bond motifs is 1. The number of thioether (sulfide) groups is 1. The van der Waals surface area contributed by atoms with Gasteiger partial charge < -0.3 is 5.32 Å². The van der Waals surface area contributed by atoms with E-state index in [-0.39, 0.29) is 39.2 Å². The zero-order chi connectivity index (χ0) is 23.7. The monoisotopic (exact) mass is 485 g/mol. The third kappa shape index (κ3) is 4.38. The lowest BCUT2D eigenvalue weighted by Crippen LogP contribution is -2.37. The molecule has 0 fully saturated rings. The van der Waals surface area contributed by atoms with Crippen LogP contribution in [0.5, 0.6) is 0 Å². The Morgan fingerprint density at radius 1 is 1.18 bits per heavy atom. The third-order valence-electron chi connectivity index (χ3n) is 4.62. The van der Waals surface area contributed by atoms with Crippen molar-refractivity contribution < 1.29 is 9.72 Å². The number of non-ortho nitro benzene ring substituents is 1. The van der Waals surface area contributed by atoms with Gasteiger partial charge in [0, 0.05) is 43.4 Å². The number of nitrogens with zero attached hydrogens (tertiary/aromatic N) is 6. The molecule has 0 saturated heterocycles. The Balaban J connectivity index is 1.80. The fraction of sp³-hybridized carbons (Fsp3) is 0.158. The van der Waals surface area contributed by atoms with Crippen molar-refractivity contribution in [2.45, 2.75) is 5.03 Å². The summed E-state index contributed by atoms with van der Waals surface area (Å²) < 4.78 is 2.16. The van der Waals surface area contributed by atoms with Crippen molar-refractivity contribution in [3.05, 3.63) is 66.8 Å². The maximum Gasteiger partial charge on any atom is 0.332 e. The minimum atomic E-state index is -0.591. The van der Waals surface area contributed by atoms with Crippen molar-refractivity contribution >= 4 is 50.9 Å². The maximum atomic E-state index is 12.9. The number of hydrogen-bond acceptors (Lipinski definition) is 10. The first kappa shape index (κ1) is 22.3. The van der Waals surface area contributed by atoms with Gasteiger partial charge in [-0.25, -0.2) is 19.7 Å². The smallest absolute Gasteiger partial charge is 0.301 e. The van der Waals surface area contributed by atoms with Crippen molar-refractivity contribution in [3.63, 3.8) is 0 Å². The van der Waals surface area contributed by atoms with Gasteiger partial charge in [-0.1, -0.05) is 11.8 Å². The molecule has 0 bridgehead atoms. The minimum Gasteiger partial charge on any atom is -0.301 e. The van der Waals surface area contributed by atoms with Crippen LogP contribution in [0.4, 0.5) is 10.8 Å². The number of amides is 1. The van der Waals surface area contributed by atoms with Crippen LogP contribution < -0.4 is 16.6 Å². The standard InChI is InChI=1S/C19H15N7O5S2/c1-24-15-13(17(28)25(2)19(24)29)16(33-9-12(27)21-18-20-7-8-32-18)23-14(22-15)10-3-5-11(6-4-10)26(30)31/h3-8H,9H2,1-2H3,(H,20,21,27). The van der Waals surface area contributed by atoms with Crippen molar-refractivity contribution in [3.8, 4) is 11.4 Å². The number of nitrogens with one attached hydrogen (secondary N) is 1. The summed E-state index contributed by atoms with van der Waals surface area (Å²) in [6.07, 6.45) is 1.56. The summed E-state index contributed by atoms with van der Waals surface area (Å²) in [5, 5.41) is 16.1. The molecule has 12 nitrogen and oxygen atoms in total. The minimum absolute atomic E-state index is 0.0720. The molecule has 3 heterocycles. The summed E-state index contributed by atoms with van der Waals surface area (Å²) in [4.78, 5) is 60.9. The zero-order valence-electron chi connectivity index (χ0n) is 17.2. The number of hydrogen-bond donors (Lipinski definition) is 1. The molecule has 1 N–H and O–H groups in total. The lowest BCUT2D eigenvalue weighted by Gasteiger charge is -2.12. The summed E-state index contributed by atoms with van der Waals surface area (Å²) in [5.74, 6) is -0.263. The SMILES string of the molecule is Cn1c(=O)c2c(SCC(=O)Nc3nccs3)nc(-c3ccc([N+](=O)[O-])cc3)nc2n(C)c1=O. The lowest BCUT2D eigenvalue weighted by atomic mass is 10.2. The quantitative estimate of drug-likeness (QED) is 0.186. The first-order chi connectivity index (χ1) is 15.8. The van der Waals surface area contributed by atoms with Gasteiger partial charge in [0.1, 0.15) is 10.4 Å². The number of nitro benzene ring substituents is 1. The van der Waals surface area contributed by atoms with Crippen LogP contribution in [0.3, 0.4) is 0 Å². The van der Waals surface area contributed by atoms with E-state index in [0.29, 0.717) is 10.7 Å². The van der Waals surface area contributed by atoms with Crippen molar-refractivity contribution in [2.24, 2.45) is 14.1 Å². The molecule has 168 valence electrons. The molecular weight excluding hydrogens is 470 g/mol. The molecular formula is C19H15N7O5S2. The number of rotatable bonds is 6. The lowest BCUT2D eigenvalue weighted by molar-refractivity contribution is -0.384. The first-order valence-corrected chi connectivity index (χ1v) is 11.2. The number of aromatic nitrogens is 5. The number of carbonyl (C=O) groups excluding carboxylic acids is 1. The number of nitro groups is 1. The number of carbonyl (C=O) groups is 1. The highest BCUT2D eigenvalue weighted by molar-refractivity contribution is 8.00. The second kappa shape index (κ2) is 8.91. The molecule has 14 heteroatoms. The molecule has 0 aliphatic rings. The third-order valence-corrected chi connectivity index (χ3v) is 6.29. The fourth-order valence-corrected chi connectivity index (χ4v) is 4.33. The molecule has 1 amide bonds. The van der Waals surface area contributed by atoms with Crippen LogP contribution in [-0.2, 0) is 18.9 Å². The number of benzene rings is 1. The predicted octanol–water partition coefficient (Wildman–Crippen LogP) is 1.79. The Bertz CT molecular complexity index is 1490. The molecule has 0 aliphatic carbocycles. The van der Waals surface area contributed by atoms with E-state index in [9.17, 15) is 24.5 Å². The Labute approximate surface area is 193 Å². The Kier molecular flexibility index (Phi) is 6.02. The Morgan fingerprint density at radius 2 is 1.91 bits per heavy atom. The molecule has 0 radical (unpaired) electrons. The second-order valence-electron chi connectivity index (χ2n) is 6.73. The highest BCUT2D eigenvalue weighted by atomic mass is 32.2. The van der Waals surface area contributed by atoms with E-state index in [4.69, 9.17) is 0 Å². The van der Waals surface area contributed by atoms with Crippen molar-refractivity contribution in [1.29, 1.82) is 0 Å². The van der Waals surface area contributed by atoms with Crippen LogP contribution in [-0.4, -0.2) is 40.7 Å². The number of anilines is 1. The van der Waals surface area contributed by atoms with Gasteiger partial charge in [-0.2, -0.15) is 0 Å². The average Bonchev–Trinajstić information content (AvgIpc) is 3.32. The van der Waals surface area contributed by atoms with Crippen molar-refractivity contribution in [1.82, 2.24) is 24.1 Å². The van der Waals surface area contributed by atoms with E-state index in [1.165, 1.54) is 54.3 Å². The van der Waals surface area contributed by atoms with Gasteiger partial charge >= 0.3 is 5.69 Å². The van der Waals surface area contributed by atoms with Crippen LogP contribution in [0.1, 0.15) is 0 Å². The predicted molar refractivity (Wildman–Crippen MR) is 124 cm³/mol. The van der Waals surface area contributed by atoms with E-state index in [2.05, 4.69) is 20.3 Å². The largest absolute Gasteiger partial charge is 0.332 e. The van der Waals surface area contributed by atoms with Crippen LogP contribution in [0.25, 0.3) is 22.4 Å². The summed E-state index contributed by atoms with van der Waals surface area (Å²) >= 11 is 2.28. The van der Waals surface area contributed by atoms with Gasteiger partial charge in [-0.05, 0) is 12.1 Å². The molecule has 4 rings (SSSR count). The highest BCUT2D eigenvalue weighted by Crippen LogP contribution is 2.27. The highest BCUT2D eigenvalue weighted by Gasteiger charge is 2.19. The van der Waals surface area contributed by atoms with Crippen LogP contribution in [0, 0.1) is 10.1 Å². The summed E-state index contributed by atoms with van der Waals surface area (Å²) in [7, 11) is 2.82. The molecule has 3 aromatic heterocycles.